The fraction of sp³-hybridized carbons (Fsp3) is 0.375. The largest absolute Gasteiger partial charge is 0.493 e. The molecule has 0 bridgehead atoms. The van der Waals surface area contributed by atoms with E-state index in [4.69, 9.17) is 18.9 Å². The molecule has 0 amide bonds. The lowest BCUT2D eigenvalue weighted by atomic mass is 9.80. The van der Waals surface area contributed by atoms with Crippen molar-refractivity contribution in [3.8, 4) is 23.0 Å². The van der Waals surface area contributed by atoms with Crippen LogP contribution in [0.25, 0.3) is 0 Å². The monoisotopic (exact) mass is 394 g/mol. The van der Waals surface area contributed by atoms with Gasteiger partial charge in [0, 0.05) is 17.2 Å². The molecule has 0 radical (unpaired) electrons. The molecule has 4 rings (SSSR count). The third-order valence-electron chi connectivity index (χ3n) is 5.65. The molecule has 2 heterocycles. The molecule has 0 fully saturated rings. The number of carbonyl (C=O) groups is 1. The zero-order chi connectivity index (χ0) is 20.7. The van der Waals surface area contributed by atoms with Gasteiger partial charge >= 0.3 is 0 Å². The number of fused-ring (bicyclic) bond motifs is 4. The third-order valence-corrected chi connectivity index (χ3v) is 5.65. The number of Topliss-reactive ketones (excluding diaryl/α,β-unsaturated/α-hetero) is 1. The van der Waals surface area contributed by atoms with Crippen LogP contribution in [0.2, 0.25) is 0 Å². The molecular weight excluding hydrogens is 368 g/mol. The summed E-state index contributed by atoms with van der Waals surface area (Å²) in [6.07, 6.45) is 2.53. The number of benzene rings is 2. The number of ether oxygens (including phenoxy) is 4. The minimum atomic E-state index is -0.426. The average Bonchev–Trinajstić information content (AvgIpc) is 2.71. The molecule has 2 aromatic rings. The van der Waals surface area contributed by atoms with Crippen LogP contribution in [-0.4, -0.2) is 32.7 Å². The predicted octanol–water partition coefficient (Wildman–Crippen LogP) is 4.64. The van der Waals surface area contributed by atoms with Gasteiger partial charge in [-0.2, -0.15) is 0 Å². The van der Waals surface area contributed by atoms with Gasteiger partial charge in [0.15, 0.2) is 17.3 Å². The van der Waals surface area contributed by atoms with E-state index in [1.807, 2.05) is 18.2 Å². The molecule has 0 saturated carbocycles. The van der Waals surface area contributed by atoms with Crippen molar-refractivity contribution >= 4 is 5.78 Å². The van der Waals surface area contributed by atoms with E-state index in [9.17, 15) is 4.79 Å². The quantitative estimate of drug-likeness (QED) is 0.707. The van der Waals surface area contributed by atoms with Crippen LogP contribution in [0, 0.1) is 6.92 Å². The van der Waals surface area contributed by atoms with Gasteiger partial charge in [0.25, 0.3) is 0 Å². The highest BCUT2D eigenvalue weighted by atomic mass is 16.5. The van der Waals surface area contributed by atoms with Gasteiger partial charge in [-0.1, -0.05) is 17.7 Å². The fourth-order valence-electron chi connectivity index (χ4n) is 4.06. The van der Waals surface area contributed by atoms with Crippen molar-refractivity contribution in [1.29, 1.82) is 0 Å². The second-order valence-corrected chi connectivity index (χ2v) is 7.78. The summed E-state index contributed by atoms with van der Waals surface area (Å²) in [6, 6.07) is 7.49. The third kappa shape index (κ3) is 3.24. The maximum Gasteiger partial charge on any atom is 0.178 e. The summed E-state index contributed by atoms with van der Waals surface area (Å²) in [5.41, 5.74) is 4.83. The molecule has 0 N–H and O–H groups in total. The lowest BCUT2D eigenvalue weighted by Crippen LogP contribution is -2.43. The van der Waals surface area contributed by atoms with Crippen LogP contribution >= 0.6 is 0 Å². The molecule has 2 unspecified atom stereocenters. The molecule has 2 atom stereocenters. The first-order valence-electron chi connectivity index (χ1n) is 9.80. The Hall–Kier alpha value is -2.95. The highest BCUT2D eigenvalue weighted by Crippen LogP contribution is 2.47. The van der Waals surface area contributed by atoms with Gasteiger partial charge in [0.2, 0.25) is 0 Å². The van der Waals surface area contributed by atoms with Crippen molar-refractivity contribution in [2.75, 3.05) is 20.8 Å². The molecule has 0 aliphatic carbocycles. The van der Waals surface area contributed by atoms with Crippen LogP contribution in [-0.2, 0) is 6.42 Å². The lowest BCUT2D eigenvalue weighted by molar-refractivity contribution is 0.0554. The summed E-state index contributed by atoms with van der Waals surface area (Å²) in [5, 5.41) is 0. The Morgan fingerprint density at radius 3 is 2.59 bits per heavy atom. The number of hydrogen-bond acceptors (Lipinski definition) is 5. The zero-order valence-corrected chi connectivity index (χ0v) is 17.5. The maximum absolute atomic E-state index is 13.5. The molecule has 0 saturated heterocycles. The van der Waals surface area contributed by atoms with E-state index >= 15 is 0 Å². The number of carbonyl (C=O) groups excluding carboxylic acids is 1. The molecule has 0 spiro atoms. The first-order valence-corrected chi connectivity index (χ1v) is 9.80. The van der Waals surface area contributed by atoms with Crippen molar-refractivity contribution < 1.29 is 23.7 Å². The minimum Gasteiger partial charge on any atom is -0.493 e. The molecule has 0 aromatic heterocycles. The first kappa shape index (κ1) is 19.4. The Labute approximate surface area is 171 Å². The van der Waals surface area contributed by atoms with Crippen LogP contribution in [0.4, 0.5) is 0 Å². The summed E-state index contributed by atoms with van der Waals surface area (Å²) in [5.74, 6) is 2.12. The standard InChI is InChI=1S/C24H26O5/c1-13(2)6-8-15-14(3)7-9-16-23(25)22-17-10-19(26-4)20(27-5)11-18(17)28-12-21(22)29-24(15)16/h6-7,9-11,21-22H,8,12H2,1-5H3. The minimum absolute atomic E-state index is 0.0615. The fourth-order valence-corrected chi connectivity index (χ4v) is 4.06. The van der Waals surface area contributed by atoms with Gasteiger partial charge in [0.05, 0.1) is 25.7 Å². The van der Waals surface area contributed by atoms with Gasteiger partial charge in [-0.3, -0.25) is 4.79 Å². The number of aryl methyl sites for hydroxylation is 1. The van der Waals surface area contributed by atoms with Crippen molar-refractivity contribution in [2.24, 2.45) is 0 Å². The number of hydrogen-bond donors (Lipinski definition) is 0. The summed E-state index contributed by atoms with van der Waals surface area (Å²) in [6.45, 7) is 6.51. The Bertz CT molecular complexity index is 1000. The van der Waals surface area contributed by atoms with E-state index in [0.717, 1.165) is 23.1 Å². The number of allylic oxidation sites excluding steroid dienone is 2. The number of ketones is 1. The second-order valence-electron chi connectivity index (χ2n) is 7.78. The van der Waals surface area contributed by atoms with E-state index in [1.54, 1.807) is 20.3 Å². The molecule has 5 nitrogen and oxygen atoms in total. The molecule has 2 aliphatic rings. The Morgan fingerprint density at radius 2 is 1.90 bits per heavy atom. The molecule has 5 heteroatoms. The summed E-state index contributed by atoms with van der Waals surface area (Å²) < 4.78 is 23.1. The number of rotatable bonds is 4. The lowest BCUT2D eigenvalue weighted by Gasteiger charge is -2.38. The molecule has 2 aromatic carbocycles. The Morgan fingerprint density at radius 1 is 1.17 bits per heavy atom. The Kier molecular flexibility index (Phi) is 4.99. The van der Waals surface area contributed by atoms with E-state index in [2.05, 4.69) is 26.8 Å². The number of methoxy groups -OCH3 is 2. The summed E-state index contributed by atoms with van der Waals surface area (Å²) >= 11 is 0. The van der Waals surface area contributed by atoms with Crippen LogP contribution in [0.1, 0.15) is 46.8 Å². The van der Waals surface area contributed by atoms with Crippen LogP contribution in [0.15, 0.2) is 35.9 Å². The average molecular weight is 394 g/mol. The van der Waals surface area contributed by atoms with Gasteiger partial charge in [0.1, 0.15) is 24.2 Å². The molecule has 29 heavy (non-hydrogen) atoms. The van der Waals surface area contributed by atoms with Gasteiger partial charge < -0.3 is 18.9 Å². The van der Waals surface area contributed by atoms with E-state index in [1.165, 1.54) is 5.57 Å². The Balaban J connectivity index is 1.80. The smallest absolute Gasteiger partial charge is 0.178 e. The topological polar surface area (TPSA) is 54.0 Å². The second kappa shape index (κ2) is 7.47. The maximum atomic E-state index is 13.5. The first-order chi connectivity index (χ1) is 13.9. The molecular formula is C24H26O5. The van der Waals surface area contributed by atoms with E-state index < -0.39 is 5.92 Å². The molecule has 2 aliphatic heterocycles. The predicted molar refractivity (Wildman–Crippen MR) is 111 cm³/mol. The molecule has 152 valence electrons. The van der Waals surface area contributed by atoms with Crippen molar-refractivity contribution in [3.05, 3.63) is 58.2 Å². The van der Waals surface area contributed by atoms with Crippen LogP contribution < -0.4 is 18.9 Å². The summed E-state index contributed by atoms with van der Waals surface area (Å²) in [7, 11) is 3.16. The summed E-state index contributed by atoms with van der Waals surface area (Å²) in [4.78, 5) is 13.5. The van der Waals surface area contributed by atoms with Gasteiger partial charge in [-0.05, 0) is 44.9 Å². The van der Waals surface area contributed by atoms with E-state index in [0.29, 0.717) is 35.2 Å². The van der Waals surface area contributed by atoms with Crippen molar-refractivity contribution in [1.82, 2.24) is 0 Å². The van der Waals surface area contributed by atoms with E-state index in [-0.39, 0.29) is 11.9 Å². The van der Waals surface area contributed by atoms with Gasteiger partial charge in [-0.25, -0.2) is 0 Å². The van der Waals surface area contributed by atoms with Crippen LogP contribution in [0.3, 0.4) is 0 Å². The van der Waals surface area contributed by atoms with Crippen molar-refractivity contribution in [3.63, 3.8) is 0 Å². The SMILES string of the molecule is COc1cc2c(cc1OC)C1C(=O)c3ccc(C)c(CC=C(C)C)c3OC1CO2. The van der Waals surface area contributed by atoms with Gasteiger partial charge in [-0.15, -0.1) is 0 Å². The zero-order valence-electron chi connectivity index (χ0n) is 17.5. The van der Waals surface area contributed by atoms with Crippen LogP contribution in [0.5, 0.6) is 23.0 Å². The normalized spacial score (nSPS) is 19.1. The highest BCUT2D eigenvalue weighted by molar-refractivity contribution is 6.05. The highest BCUT2D eigenvalue weighted by Gasteiger charge is 2.44. The van der Waals surface area contributed by atoms with Crippen molar-refractivity contribution in [2.45, 2.75) is 39.2 Å².